The fourth-order valence-corrected chi connectivity index (χ4v) is 4.03. The molecule has 4 rings (SSSR count). The highest BCUT2D eigenvalue weighted by Gasteiger charge is 2.30. The number of H-pyrrole nitrogens is 1. The van der Waals surface area contributed by atoms with Gasteiger partial charge in [0.1, 0.15) is 5.60 Å². The van der Waals surface area contributed by atoms with Crippen molar-refractivity contribution in [2.45, 2.75) is 52.2 Å². The lowest BCUT2D eigenvalue weighted by atomic mass is 9.96. The molecule has 0 bridgehead atoms. The minimum atomic E-state index is -0.678. The maximum atomic E-state index is 12.5. The molecule has 9 heteroatoms. The smallest absolute Gasteiger partial charge is 0.349 e. The first-order chi connectivity index (χ1) is 15.3. The monoisotopic (exact) mass is 439 g/mol. The molecule has 0 radical (unpaired) electrons. The molecule has 170 valence electrons. The number of piperidine rings is 1. The molecule has 1 N–H and O–H groups in total. The number of likely N-dealkylation sites (tertiary alicyclic amines) is 1. The summed E-state index contributed by atoms with van der Waals surface area (Å²) in [7, 11) is 0. The summed E-state index contributed by atoms with van der Waals surface area (Å²) in [5.41, 5.74) is 0.00281. The number of rotatable bonds is 6. The quantitative estimate of drug-likeness (QED) is 0.462. The minimum absolute atomic E-state index is 0.0736. The fourth-order valence-electron chi connectivity index (χ4n) is 4.03. The molecule has 1 saturated heterocycles. The summed E-state index contributed by atoms with van der Waals surface area (Å²) < 4.78 is 7.56. The van der Waals surface area contributed by atoms with Gasteiger partial charge >= 0.3 is 11.7 Å². The molecule has 0 unspecified atom stereocenters. The van der Waals surface area contributed by atoms with Crippen LogP contribution in [-0.4, -0.2) is 55.6 Å². The Kier molecular flexibility index (Phi) is 6.10. The van der Waals surface area contributed by atoms with Crippen LogP contribution < -0.4 is 11.2 Å². The lowest BCUT2D eigenvalue weighted by molar-refractivity contribution is -0.163. The van der Waals surface area contributed by atoms with E-state index in [1.165, 1.54) is 0 Å². The van der Waals surface area contributed by atoms with Crippen molar-refractivity contribution in [3.05, 3.63) is 45.1 Å². The van der Waals surface area contributed by atoms with Crippen LogP contribution in [0.4, 0.5) is 0 Å². The Bertz CT molecular complexity index is 1210. The highest BCUT2D eigenvalue weighted by molar-refractivity contribution is 5.79. The molecule has 0 spiro atoms. The summed E-state index contributed by atoms with van der Waals surface area (Å²) in [4.78, 5) is 49.6. The number of para-hydroxylation sites is 2. The van der Waals surface area contributed by atoms with Crippen LogP contribution in [0.1, 0.15) is 40.0 Å². The molecule has 9 nitrogen and oxygen atoms in total. The summed E-state index contributed by atoms with van der Waals surface area (Å²) in [5.74, 6) is 0.108. The van der Waals surface area contributed by atoms with Gasteiger partial charge in [-0.25, -0.2) is 9.78 Å². The van der Waals surface area contributed by atoms with Crippen molar-refractivity contribution in [3.8, 4) is 11.5 Å². The highest BCUT2D eigenvalue weighted by Crippen LogP contribution is 2.24. The van der Waals surface area contributed by atoms with Gasteiger partial charge in [0, 0.05) is 13.1 Å². The predicted molar refractivity (Wildman–Crippen MR) is 121 cm³/mol. The summed E-state index contributed by atoms with van der Waals surface area (Å²) in [6.45, 7) is 8.72. The average molecular weight is 440 g/mol. The predicted octanol–water partition coefficient (Wildman–Crippen LogP) is 2.03. The topological polar surface area (TPSA) is 110 Å². The average Bonchev–Trinajstić information content (AvgIpc) is 2.77. The molecule has 0 amide bonds. The third kappa shape index (κ3) is 4.57. The lowest BCUT2D eigenvalue weighted by Gasteiger charge is -2.33. The van der Waals surface area contributed by atoms with Crippen molar-refractivity contribution in [2.24, 2.45) is 5.92 Å². The van der Waals surface area contributed by atoms with Crippen molar-refractivity contribution >= 4 is 17.0 Å². The zero-order valence-electron chi connectivity index (χ0n) is 18.8. The van der Waals surface area contributed by atoms with E-state index in [2.05, 4.69) is 19.9 Å². The Morgan fingerprint density at radius 3 is 2.59 bits per heavy atom. The second kappa shape index (κ2) is 8.82. The van der Waals surface area contributed by atoms with Crippen LogP contribution in [0.15, 0.2) is 33.9 Å². The number of hydrogen-bond acceptors (Lipinski definition) is 7. The third-order valence-electron chi connectivity index (χ3n) is 6.30. The van der Waals surface area contributed by atoms with E-state index in [1.807, 2.05) is 49.6 Å². The van der Waals surface area contributed by atoms with Gasteiger partial charge in [0.2, 0.25) is 0 Å². The number of aromatic amines is 1. The molecular weight excluding hydrogens is 410 g/mol. The first-order valence-electron chi connectivity index (χ1n) is 11.1. The van der Waals surface area contributed by atoms with Crippen molar-refractivity contribution in [1.82, 2.24) is 24.4 Å². The van der Waals surface area contributed by atoms with Gasteiger partial charge < -0.3 is 14.2 Å². The molecule has 0 atom stereocenters. The number of ether oxygens (including phenoxy) is 1. The van der Waals surface area contributed by atoms with Crippen LogP contribution in [0.5, 0.6) is 0 Å². The number of benzene rings is 1. The van der Waals surface area contributed by atoms with Crippen LogP contribution in [-0.2, 0) is 16.1 Å². The number of carbonyl (C=O) groups is 1. The van der Waals surface area contributed by atoms with Crippen LogP contribution in [0.2, 0.25) is 0 Å². The lowest BCUT2D eigenvalue weighted by Crippen LogP contribution is -2.40. The van der Waals surface area contributed by atoms with Gasteiger partial charge in [-0.1, -0.05) is 19.1 Å². The van der Waals surface area contributed by atoms with Gasteiger partial charge in [-0.05, 0) is 58.3 Å². The Labute approximate surface area is 185 Å². The van der Waals surface area contributed by atoms with E-state index in [4.69, 9.17) is 4.74 Å². The van der Waals surface area contributed by atoms with Crippen LogP contribution in [0, 0.1) is 5.92 Å². The Balaban J connectivity index is 1.49. The van der Waals surface area contributed by atoms with Crippen LogP contribution in [0.25, 0.3) is 22.6 Å². The van der Waals surface area contributed by atoms with E-state index in [9.17, 15) is 14.4 Å². The molecule has 3 heterocycles. The zero-order chi connectivity index (χ0) is 22.9. The Morgan fingerprint density at radius 2 is 1.88 bits per heavy atom. The van der Waals surface area contributed by atoms with Gasteiger partial charge in [-0.3, -0.25) is 14.6 Å². The van der Waals surface area contributed by atoms with Gasteiger partial charge in [-0.15, -0.1) is 0 Å². The Hall–Kier alpha value is -3.07. The van der Waals surface area contributed by atoms with Crippen LogP contribution >= 0.6 is 0 Å². The number of carbonyl (C=O) groups excluding carboxylic acids is 1. The van der Waals surface area contributed by atoms with Gasteiger partial charge in [-0.2, -0.15) is 4.98 Å². The molecule has 0 saturated carbocycles. The second-order valence-electron chi connectivity index (χ2n) is 8.95. The van der Waals surface area contributed by atoms with Gasteiger partial charge in [0.05, 0.1) is 17.0 Å². The summed E-state index contributed by atoms with van der Waals surface area (Å²) >= 11 is 0. The van der Waals surface area contributed by atoms with Crippen molar-refractivity contribution < 1.29 is 9.53 Å². The third-order valence-corrected chi connectivity index (χ3v) is 6.30. The largest absolute Gasteiger partial charge is 0.459 e. The summed E-state index contributed by atoms with van der Waals surface area (Å²) in [5, 5.41) is 0. The van der Waals surface area contributed by atoms with E-state index in [0.717, 1.165) is 37.9 Å². The first-order valence-corrected chi connectivity index (χ1v) is 11.1. The summed E-state index contributed by atoms with van der Waals surface area (Å²) in [6.07, 6.45) is 2.29. The van der Waals surface area contributed by atoms with E-state index in [1.54, 1.807) is 0 Å². The first kappa shape index (κ1) is 22.1. The molecule has 3 aliphatic rings. The normalized spacial score (nSPS) is 16.0. The number of nitrogens with one attached hydrogen (secondary N) is 1. The molecular formula is C23H29N5O4. The molecule has 1 fully saturated rings. The molecule has 3 aliphatic heterocycles. The molecule has 32 heavy (non-hydrogen) atoms. The maximum absolute atomic E-state index is 12.5. The second-order valence-corrected chi connectivity index (χ2v) is 8.95. The van der Waals surface area contributed by atoms with E-state index >= 15 is 0 Å². The SMILES string of the molecule is CCC(C)(C)OC(=O)C1CCN(CCn2c3nc(=O)[nH]c(=O)c-3nc3ccccc32)CC1. The maximum Gasteiger partial charge on any atom is 0.349 e. The van der Waals surface area contributed by atoms with E-state index in [0.29, 0.717) is 18.6 Å². The van der Waals surface area contributed by atoms with E-state index in [-0.39, 0.29) is 23.4 Å². The summed E-state index contributed by atoms with van der Waals surface area (Å²) in [6, 6.07) is 7.50. The van der Waals surface area contributed by atoms with Crippen molar-refractivity contribution in [3.63, 3.8) is 0 Å². The Morgan fingerprint density at radius 1 is 1.16 bits per heavy atom. The van der Waals surface area contributed by atoms with Gasteiger partial charge in [0.25, 0.3) is 5.56 Å². The number of aromatic nitrogens is 4. The van der Waals surface area contributed by atoms with Crippen molar-refractivity contribution in [2.75, 3.05) is 19.6 Å². The number of esters is 1. The molecule has 1 aromatic carbocycles. The molecule has 0 aliphatic carbocycles. The fraction of sp³-hybridized carbons (Fsp3) is 0.522. The minimum Gasteiger partial charge on any atom is -0.459 e. The van der Waals surface area contributed by atoms with Crippen molar-refractivity contribution in [1.29, 1.82) is 0 Å². The number of hydrogen-bond donors (Lipinski definition) is 1. The number of fused-ring (bicyclic) bond motifs is 2. The van der Waals surface area contributed by atoms with Gasteiger partial charge in [0.15, 0.2) is 11.5 Å². The molecule has 0 aromatic heterocycles. The zero-order valence-corrected chi connectivity index (χ0v) is 18.8. The van der Waals surface area contributed by atoms with E-state index < -0.39 is 16.9 Å². The molecule has 1 aromatic rings. The standard InChI is InChI=1S/C23H29N5O4/c1-4-23(2,3)32-21(30)15-9-11-27(12-10-15)13-14-28-17-8-6-5-7-16(17)24-18-19(28)25-22(31)26-20(18)29/h5-8,15H,4,9-14H2,1-3H3,(H,26,29,31). The number of nitrogens with zero attached hydrogens (tertiary/aromatic N) is 4. The van der Waals surface area contributed by atoms with Crippen LogP contribution in [0.3, 0.4) is 0 Å². The highest BCUT2D eigenvalue weighted by atomic mass is 16.6.